The standard InChI is InChI=1S/C15H18O3/c16-14-13(11-7-3-1-4-8-11)15(17)10-6-2-5-9-12(15)18-14/h1,3-4,7-8,12-13,17H,2,5-6,9-10H2. The monoisotopic (exact) mass is 246 g/mol. The summed E-state index contributed by atoms with van der Waals surface area (Å²) >= 11 is 0. The van der Waals surface area contributed by atoms with Crippen molar-refractivity contribution in [2.75, 3.05) is 0 Å². The summed E-state index contributed by atoms with van der Waals surface area (Å²) in [5, 5.41) is 10.9. The van der Waals surface area contributed by atoms with Gasteiger partial charge in [-0.1, -0.05) is 43.2 Å². The molecule has 2 aliphatic rings. The molecule has 1 aliphatic carbocycles. The van der Waals surface area contributed by atoms with Crippen LogP contribution in [0.2, 0.25) is 0 Å². The molecule has 0 radical (unpaired) electrons. The number of hydrogen-bond acceptors (Lipinski definition) is 3. The first-order valence-corrected chi connectivity index (χ1v) is 6.69. The fourth-order valence-electron chi connectivity index (χ4n) is 3.30. The van der Waals surface area contributed by atoms with Crippen LogP contribution in [0.3, 0.4) is 0 Å². The lowest BCUT2D eigenvalue weighted by atomic mass is 9.78. The van der Waals surface area contributed by atoms with E-state index in [1.165, 1.54) is 0 Å². The van der Waals surface area contributed by atoms with E-state index in [4.69, 9.17) is 4.74 Å². The average molecular weight is 246 g/mol. The Morgan fingerprint density at radius 2 is 1.94 bits per heavy atom. The number of esters is 1. The van der Waals surface area contributed by atoms with E-state index in [0.717, 1.165) is 31.2 Å². The lowest BCUT2D eigenvalue weighted by molar-refractivity contribution is -0.143. The molecule has 1 heterocycles. The minimum Gasteiger partial charge on any atom is -0.459 e. The van der Waals surface area contributed by atoms with E-state index in [2.05, 4.69) is 0 Å². The van der Waals surface area contributed by atoms with Gasteiger partial charge in [0.05, 0.1) is 0 Å². The summed E-state index contributed by atoms with van der Waals surface area (Å²) < 4.78 is 5.43. The lowest BCUT2D eigenvalue weighted by Crippen LogP contribution is -2.42. The van der Waals surface area contributed by atoms with Crippen molar-refractivity contribution in [3.63, 3.8) is 0 Å². The minimum absolute atomic E-state index is 0.268. The smallest absolute Gasteiger partial charge is 0.316 e. The highest BCUT2D eigenvalue weighted by molar-refractivity contribution is 5.82. The first kappa shape index (κ1) is 11.7. The Bertz CT molecular complexity index is 442. The molecule has 3 atom stereocenters. The Kier molecular flexibility index (Phi) is 2.86. The Labute approximate surface area is 107 Å². The summed E-state index contributed by atoms with van der Waals surface area (Å²) in [6, 6.07) is 9.51. The molecule has 3 rings (SSSR count). The SMILES string of the molecule is O=C1OC2CCCCCC2(O)C1c1ccccc1. The van der Waals surface area contributed by atoms with Gasteiger partial charge in [0, 0.05) is 0 Å². The molecule has 18 heavy (non-hydrogen) atoms. The third kappa shape index (κ3) is 1.74. The first-order chi connectivity index (χ1) is 8.72. The van der Waals surface area contributed by atoms with Gasteiger partial charge in [-0.2, -0.15) is 0 Å². The average Bonchev–Trinajstić information content (AvgIpc) is 2.50. The highest BCUT2D eigenvalue weighted by Gasteiger charge is 2.56. The maximum Gasteiger partial charge on any atom is 0.316 e. The largest absolute Gasteiger partial charge is 0.459 e. The van der Waals surface area contributed by atoms with Crippen molar-refractivity contribution < 1.29 is 14.6 Å². The lowest BCUT2D eigenvalue weighted by Gasteiger charge is -2.29. The molecular weight excluding hydrogens is 228 g/mol. The predicted molar refractivity (Wildman–Crippen MR) is 67.1 cm³/mol. The van der Waals surface area contributed by atoms with Crippen molar-refractivity contribution in [2.24, 2.45) is 0 Å². The van der Waals surface area contributed by atoms with Crippen molar-refractivity contribution in [3.05, 3.63) is 35.9 Å². The molecule has 1 aromatic rings. The van der Waals surface area contributed by atoms with Crippen molar-refractivity contribution in [1.29, 1.82) is 0 Å². The first-order valence-electron chi connectivity index (χ1n) is 6.69. The van der Waals surface area contributed by atoms with Crippen molar-refractivity contribution in [3.8, 4) is 0 Å². The fraction of sp³-hybridized carbons (Fsp3) is 0.533. The molecule has 3 heteroatoms. The van der Waals surface area contributed by atoms with Crippen LogP contribution in [0.25, 0.3) is 0 Å². The van der Waals surface area contributed by atoms with Gasteiger partial charge in [0.1, 0.15) is 17.6 Å². The molecule has 0 bridgehead atoms. The van der Waals surface area contributed by atoms with Crippen LogP contribution in [0.5, 0.6) is 0 Å². The van der Waals surface area contributed by atoms with Crippen LogP contribution >= 0.6 is 0 Å². The molecule has 0 spiro atoms. The quantitative estimate of drug-likeness (QED) is 0.774. The van der Waals surface area contributed by atoms with Gasteiger partial charge < -0.3 is 9.84 Å². The van der Waals surface area contributed by atoms with E-state index in [9.17, 15) is 9.90 Å². The Hall–Kier alpha value is -1.35. The molecule has 3 nitrogen and oxygen atoms in total. The summed E-state index contributed by atoms with van der Waals surface area (Å²) in [5.74, 6) is -0.780. The second-order valence-corrected chi connectivity index (χ2v) is 5.36. The van der Waals surface area contributed by atoms with E-state index >= 15 is 0 Å². The van der Waals surface area contributed by atoms with Crippen LogP contribution < -0.4 is 0 Å². The van der Waals surface area contributed by atoms with Gasteiger partial charge in [0.25, 0.3) is 0 Å². The molecule has 0 aromatic heterocycles. The molecular formula is C15H18O3. The Balaban J connectivity index is 1.99. The maximum atomic E-state index is 12.1. The second kappa shape index (κ2) is 4.39. The molecule has 1 saturated heterocycles. The van der Waals surface area contributed by atoms with Gasteiger partial charge in [-0.3, -0.25) is 4.79 Å². The zero-order chi connectivity index (χ0) is 12.6. The van der Waals surface area contributed by atoms with Gasteiger partial charge in [-0.05, 0) is 24.8 Å². The maximum absolute atomic E-state index is 12.1. The van der Waals surface area contributed by atoms with Crippen molar-refractivity contribution in [2.45, 2.75) is 49.7 Å². The molecule has 2 fully saturated rings. The molecule has 1 N–H and O–H groups in total. The van der Waals surface area contributed by atoms with E-state index < -0.39 is 11.5 Å². The van der Waals surface area contributed by atoms with Crippen LogP contribution in [-0.2, 0) is 9.53 Å². The van der Waals surface area contributed by atoms with E-state index in [1.54, 1.807) is 0 Å². The Morgan fingerprint density at radius 3 is 2.72 bits per heavy atom. The summed E-state index contributed by atoms with van der Waals surface area (Å²) in [6.45, 7) is 0. The highest BCUT2D eigenvalue weighted by atomic mass is 16.6. The Morgan fingerprint density at radius 1 is 1.17 bits per heavy atom. The second-order valence-electron chi connectivity index (χ2n) is 5.36. The zero-order valence-electron chi connectivity index (χ0n) is 10.3. The normalized spacial score (nSPS) is 35.7. The summed E-state index contributed by atoms with van der Waals surface area (Å²) in [7, 11) is 0. The van der Waals surface area contributed by atoms with Crippen LogP contribution in [0.1, 0.15) is 43.6 Å². The molecule has 0 amide bonds. The van der Waals surface area contributed by atoms with Gasteiger partial charge in [0.15, 0.2) is 0 Å². The van der Waals surface area contributed by atoms with Crippen LogP contribution in [0, 0.1) is 0 Å². The summed E-state index contributed by atoms with van der Waals surface area (Å²) in [6.07, 6.45) is 4.22. The predicted octanol–water partition coefficient (Wildman–Crippen LogP) is 2.39. The molecule has 96 valence electrons. The van der Waals surface area contributed by atoms with Gasteiger partial charge in [0.2, 0.25) is 0 Å². The molecule has 1 aromatic carbocycles. The van der Waals surface area contributed by atoms with Crippen LogP contribution in [0.4, 0.5) is 0 Å². The van der Waals surface area contributed by atoms with Gasteiger partial charge in [-0.25, -0.2) is 0 Å². The highest BCUT2D eigenvalue weighted by Crippen LogP contribution is 2.46. The fourth-order valence-corrected chi connectivity index (χ4v) is 3.30. The number of carbonyl (C=O) groups excluding carboxylic acids is 1. The van der Waals surface area contributed by atoms with Crippen molar-refractivity contribution in [1.82, 2.24) is 0 Å². The topological polar surface area (TPSA) is 46.5 Å². The van der Waals surface area contributed by atoms with Crippen molar-refractivity contribution >= 4 is 5.97 Å². The third-order valence-electron chi connectivity index (χ3n) is 4.23. The van der Waals surface area contributed by atoms with E-state index in [0.29, 0.717) is 6.42 Å². The van der Waals surface area contributed by atoms with E-state index in [-0.39, 0.29) is 12.1 Å². The minimum atomic E-state index is -1.01. The van der Waals surface area contributed by atoms with Crippen LogP contribution in [-0.4, -0.2) is 22.8 Å². The zero-order valence-corrected chi connectivity index (χ0v) is 10.3. The molecule has 1 aliphatic heterocycles. The number of hydrogen-bond donors (Lipinski definition) is 1. The summed E-state index contributed by atoms with van der Waals surface area (Å²) in [5.41, 5.74) is -0.135. The van der Waals surface area contributed by atoms with Gasteiger partial charge in [-0.15, -0.1) is 0 Å². The van der Waals surface area contributed by atoms with E-state index in [1.807, 2.05) is 30.3 Å². The van der Waals surface area contributed by atoms with Gasteiger partial charge >= 0.3 is 5.97 Å². The number of rotatable bonds is 1. The number of fused-ring (bicyclic) bond motifs is 1. The summed E-state index contributed by atoms with van der Waals surface area (Å²) in [4.78, 5) is 12.1. The number of aliphatic hydroxyl groups is 1. The number of ether oxygens (including phenoxy) is 1. The number of carbonyl (C=O) groups is 1. The number of benzene rings is 1. The molecule has 3 unspecified atom stereocenters. The van der Waals surface area contributed by atoms with Crippen LogP contribution in [0.15, 0.2) is 30.3 Å². The molecule has 1 saturated carbocycles. The third-order valence-corrected chi connectivity index (χ3v) is 4.23.